The summed E-state index contributed by atoms with van der Waals surface area (Å²) in [5, 5.41) is 2.92. The first-order valence-electron chi connectivity index (χ1n) is 9.15. The minimum absolute atomic E-state index is 0.165. The number of hydrogen-bond acceptors (Lipinski definition) is 6. The van der Waals surface area contributed by atoms with E-state index in [0.717, 1.165) is 30.7 Å². The van der Waals surface area contributed by atoms with E-state index < -0.39 is 5.60 Å². The number of nitrogens with one attached hydrogen (secondary N) is 1. The highest BCUT2D eigenvalue weighted by atomic mass is 16.6. The molecule has 1 amide bonds. The predicted molar refractivity (Wildman–Crippen MR) is 101 cm³/mol. The van der Waals surface area contributed by atoms with Crippen LogP contribution in [0, 0.1) is 5.92 Å². The third kappa shape index (κ3) is 4.39. The fourth-order valence-electron chi connectivity index (χ4n) is 3.35. The second-order valence-corrected chi connectivity index (χ2v) is 7.83. The summed E-state index contributed by atoms with van der Waals surface area (Å²) in [7, 11) is 0. The molecule has 1 fully saturated rings. The first-order valence-corrected chi connectivity index (χ1v) is 9.15. The molecule has 0 aromatic carbocycles. The molecular formula is C19H27N5O2. The molecule has 3 rings (SSSR count). The fraction of sp³-hybridized carbons (Fsp3) is 0.579. The number of anilines is 1. The van der Waals surface area contributed by atoms with Gasteiger partial charge in [0.15, 0.2) is 5.65 Å². The number of hydrogen-bond donors (Lipinski definition) is 1. The zero-order chi connectivity index (χ0) is 18.7. The lowest BCUT2D eigenvalue weighted by Gasteiger charge is -2.41. The molecule has 7 heteroatoms. The zero-order valence-electron chi connectivity index (χ0n) is 15.9. The Morgan fingerprint density at radius 1 is 1.31 bits per heavy atom. The van der Waals surface area contributed by atoms with Gasteiger partial charge in [-0.15, -0.1) is 0 Å². The lowest BCUT2D eigenvalue weighted by Crippen LogP contribution is -2.51. The van der Waals surface area contributed by atoms with Gasteiger partial charge >= 0.3 is 6.09 Å². The standard InChI is InChI=1S/C19H27N5O2/c1-13-6-5-11-24(15(13)12-22-18(25)26-19(2,3)4)16-8-7-14-17(23-16)21-10-9-20-14/h7-10,13,15H,5-6,11-12H2,1-4H3,(H,22,25). The van der Waals surface area contributed by atoms with Gasteiger partial charge in [0.1, 0.15) is 16.9 Å². The van der Waals surface area contributed by atoms with E-state index in [1.807, 2.05) is 32.9 Å². The number of pyridine rings is 1. The number of carbonyl (C=O) groups is 1. The van der Waals surface area contributed by atoms with Crippen molar-refractivity contribution in [3.63, 3.8) is 0 Å². The molecule has 0 radical (unpaired) electrons. The van der Waals surface area contributed by atoms with Crippen LogP contribution in [0.1, 0.15) is 40.5 Å². The highest BCUT2D eigenvalue weighted by Gasteiger charge is 2.30. The van der Waals surface area contributed by atoms with Crippen LogP contribution >= 0.6 is 0 Å². The predicted octanol–water partition coefficient (Wildman–Crippen LogP) is 3.15. The maximum Gasteiger partial charge on any atom is 0.407 e. The molecule has 7 nitrogen and oxygen atoms in total. The number of rotatable bonds is 3. The van der Waals surface area contributed by atoms with E-state index in [0.29, 0.717) is 18.1 Å². The van der Waals surface area contributed by atoms with Crippen molar-refractivity contribution in [2.45, 2.75) is 52.2 Å². The molecule has 0 spiro atoms. The van der Waals surface area contributed by atoms with Gasteiger partial charge < -0.3 is 15.0 Å². The Balaban J connectivity index is 1.76. The summed E-state index contributed by atoms with van der Waals surface area (Å²) in [4.78, 5) is 27.6. The molecule has 140 valence electrons. The molecule has 0 bridgehead atoms. The number of nitrogens with zero attached hydrogens (tertiary/aromatic N) is 4. The minimum Gasteiger partial charge on any atom is -0.444 e. The number of fused-ring (bicyclic) bond motifs is 1. The van der Waals surface area contributed by atoms with E-state index in [1.165, 1.54) is 0 Å². The van der Waals surface area contributed by atoms with Gasteiger partial charge in [0.25, 0.3) is 0 Å². The van der Waals surface area contributed by atoms with Crippen LogP contribution in [-0.2, 0) is 4.74 Å². The van der Waals surface area contributed by atoms with E-state index in [-0.39, 0.29) is 12.1 Å². The van der Waals surface area contributed by atoms with Gasteiger partial charge in [-0.25, -0.2) is 14.8 Å². The van der Waals surface area contributed by atoms with Crippen LogP contribution in [0.5, 0.6) is 0 Å². The second kappa shape index (κ2) is 7.43. The van der Waals surface area contributed by atoms with Crippen molar-refractivity contribution in [2.24, 2.45) is 5.92 Å². The minimum atomic E-state index is -0.499. The van der Waals surface area contributed by atoms with Crippen LogP contribution in [0.25, 0.3) is 11.2 Å². The topological polar surface area (TPSA) is 80.2 Å². The monoisotopic (exact) mass is 357 g/mol. The van der Waals surface area contributed by atoms with Gasteiger partial charge in [-0.3, -0.25) is 4.98 Å². The Hall–Kier alpha value is -2.44. The first-order chi connectivity index (χ1) is 12.3. The van der Waals surface area contributed by atoms with E-state index in [2.05, 4.69) is 32.1 Å². The van der Waals surface area contributed by atoms with Gasteiger partial charge in [-0.2, -0.15) is 0 Å². The van der Waals surface area contributed by atoms with Crippen molar-refractivity contribution >= 4 is 23.1 Å². The Kier molecular flexibility index (Phi) is 5.25. The number of aromatic nitrogens is 3. The molecular weight excluding hydrogens is 330 g/mol. The Morgan fingerprint density at radius 2 is 2.08 bits per heavy atom. The van der Waals surface area contributed by atoms with E-state index in [4.69, 9.17) is 4.74 Å². The van der Waals surface area contributed by atoms with Gasteiger partial charge in [-0.05, 0) is 51.7 Å². The Labute approximate surface area is 154 Å². The smallest absolute Gasteiger partial charge is 0.407 e. The molecule has 0 saturated carbocycles. The average molecular weight is 357 g/mol. The number of alkyl carbamates (subject to hydrolysis) is 1. The van der Waals surface area contributed by atoms with Crippen LogP contribution in [0.3, 0.4) is 0 Å². The third-order valence-electron chi connectivity index (χ3n) is 4.58. The molecule has 2 atom stereocenters. The van der Waals surface area contributed by atoms with Crippen molar-refractivity contribution < 1.29 is 9.53 Å². The summed E-state index contributed by atoms with van der Waals surface area (Å²) in [6.45, 7) is 9.24. The molecule has 2 aromatic rings. The number of ether oxygens (including phenoxy) is 1. The summed E-state index contributed by atoms with van der Waals surface area (Å²) in [5.74, 6) is 1.32. The van der Waals surface area contributed by atoms with Crippen LogP contribution < -0.4 is 10.2 Å². The normalized spacial score (nSPS) is 20.8. The zero-order valence-corrected chi connectivity index (χ0v) is 15.9. The molecule has 2 unspecified atom stereocenters. The van der Waals surface area contributed by atoms with Crippen LogP contribution in [-0.4, -0.2) is 45.8 Å². The van der Waals surface area contributed by atoms with E-state index in [9.17, 15) is 4.79 Å². The summed E-state index contributed by atoms with van der Waals surface area (Å²) in [5.41, 5.74) is 0.923. The molecule has 1 N–H and O–H groups in total. The molecule has 0 aliphatic carbocycles. The lowest BCUT2D eigenvalue weighted by atomic mass is 9.90. The van der Waals surface area contributed by atoms with Crippen molar-refractivity contribution in [1.29, 1.82) is 0 Å². The van der Waals surface area contributed by atoms with Crippen molar-refractivity contribution in [3.8, 4) is 0 Å². The van der Waals surface area contributed by atoms with E-state index in [1.54, 1.807) is 12.4 Å². The number of carbonyl (C=O) groups excluding carboxylic acids is 1. The summed E-state index contributed by atoms with van der Waals surface area (Å²) in [6, 6.07) is 4.09. The van der Waals surface area contributed by atoms with Crippen LogP contribution in [0.4, 0.5) is 10.6 Å². The summed E-state index contributed by atoms with van der Waals surface area (Å²) < 4.78 is 5.36. The SMILES string of the molecule is CC1CCCN(c2ccc3nccnc3n2)C1CNC(=O)OC(C)(C)C. The van der Waals surface area contributed by atoms with Gasteiger partial charge in [-0.1, -0.05) is 6.92 Å². The average Bonchev–Trinajstić information content (AvgIpc) is 2.58. The van der Waals surface area contributed by atoms with Crippen molar-refractivity contribution in [2.75, 3.05) is 18.0 Å². The van der Waals surface area contributed by atoms with E-state index >= 15 is 0 Å². The fourth-order valence-corrected chi connectivity index (χ4v) is 3.35. The quantitative estimate of drug-likeness (QED) is 0.909. The van der Waals surface area contributed by atoms with Crippen LogP contribution in [0.2, 0.25) is 0 Å². The maximum atomic E-state index is 12.0. The van der Waals surface area contributed by atoms with Gasteiger partial charge in [0, 0.05) is 25.5 Å². The summed E-state index contributed by atoms with van der Waals surface area (Å²) in [6.07, 6.45) is 5.17. The molecule has 1 saturated heterocycles. The maximum absolute atomic E-state index is 12.0. The molecule has 2 aromatic heterocycles. The largest absolute Gasteiger partial charge is 0.444 e. The van der Waals surface area contributed by atoms with Crippen molar-refractivity contribution in [1.82, 2.24) is 20.3 Å². The third-order valence-corrected chi connectivity index (χ3v) is 4.58. The number of amides is 1. The molecule has 1 aliphatic rings. The highest BCUT2D eigenvalue weighted by Crippen LogP contribution is 2.28. The Morgan fingerprint density at radius 3 is 2.85 bits per heavy atom. The van der Waals surface area contributed by atoms with Crippen LogP contribution in [0.15, 0.2) is 24.5 Å². The Bertz CT molecular complexity index is 774. The highest BCUT2D eigenvalue weighted by molar-refractivity contribution is 5.72. The molecule has 26 heavy (non-hydrogen) atoms. The first kappa shape index (κ1) is 18.4. The van der Waals surface area contributed by atoms with Crippen molar-refractivity contribution in [3.05, 3.63) is 24.5 Å². The molecule has 1 aliphatic heterocycles. The summed E-state index contributed by atoms with van der Waals surface area (Å²) >= 11 is 0. The van der Waals surface area contributed by atoms with Gasteiger partial charge in [0.05, 0.1) is 6.04 Å². The lowest BCUT2D eigenvalue weighted by molar-refractivity contribution is 0.0519. The number of piperidine rings is 1. The molecule has 3 heterocycles. The van der Waals surface area contributed by atoms with Gasteiger partial charge in [0.2, 0.25) is 0 Å². The second-order valence-electron chi connectivity index (χ2n) is 7.83.